The van der Waals surface area contributed by atoms with E-state index in [0.29, 0.717) is 13.0 Å². The fourth-order valence-electron chi connectivity index (χ4n) is 3.30. The van der Waals surface area contributed by atoms with Crippen LogP contribution in [0.15, 0.2) is 46.7 Å². The number of halogens is 1. The number of ether oxygens (including phenoxy) is 1. The largest absolute Gasteiger partial charge is 0.455 e. The van der Waals surface area contributed by atoms with Crippen LogP contribution < -0.4 is 10.6 Å². The average molecular weight is 498 g/mol. The minimum Gasteiger partial charge on any atom is -0.455 e. The van der Waals surface area contributed by atoms with Crippen LogP contribution in [0.5, 0.6) is 0 Å². The number of rotatable bonds is 8. The number of sulfonamides is 1. The molecule has 33 heavy (non-hydrogen) atoms. The zero-order valence-corrected chi connectivity index (χ0v) is 19.3. The lowest BCUT2D eigenvalue weighted by Crippen LogP contribution is -2.43. The van der Waals surface area contributed by atoms with E-state index in [9.17, 15) is 27.2 Å². The van der Waals surface area contributed by atoms with E-state index >= 15 is 0 Å². The molecule has 178 valence electrons. The number of carbonyl (C=O) groups excluding carboxylic acids is 3. The Morgan fingerprint density at radius 2 is 1.82 bits per heavy atom. The normalized spacial score (nSPS) is 15.1. The maximum Gasteiger partial charge on any atom is 0.321 e. The van der Waals surface area contributed by atoms with Gasteiger partial charge in [0.1, 0.15) is 5.82 Å². The van der Waals surface area contributed by atoms with Crippen LogP contribution in [-0.2, 0) is 30.8 Å². The molecule has 0 unspecified atom stereocenters. The van der Waals surface area contributed by atoms with E-state index in [1.807, 2.05) is 17.5 Å². The zero-order chi connectivity index (χ0) is 23.8. The summed E-state index contributed by atoms with van der Waals surface area (Å²) in [6, 6.07) is 7.72. The molecule has 0 radical (unpaired) electrons. The third-order valence-corrected chi connectivity index (χ3v) is 7.92. The van der Waals surface area contributed by atoms with Crippen molar-refractivity contribution in [2.24, 2.45) is 5.92 Å². The van der Waals surface area contributed by atoms with Gasteiger partial charge in [0.15, 0.2) is 6.61 Å². The molecule has 1 aromatic heterocycles. The number of imide groups is 1. The number of carbonyl (C=O) groups is 3. The lowest BCUT2D eigenvalue weighted by atomic mass is 9.98. The summed E-state index contributed by atoms with van der Waals surface area (Å²) in [4.78, 5) is 36.9. The molecule has 1 fully saturated rings. The highest BCUT2D eigenvalue weighted by molar-refractivity contribution is 7.89. The number of thiophene rings is 1. The maximum absolute atomic E-state index is 13.1. The minimum absolute atomic E-state index is 0.0183. The first-order valence-corrected chi connectivity index (χ1v) is 12.6. The lowest BCUT2D eigenvalue weighted by Gasteiger charge is -2.30. The van der Waals surface area contributed by atoms with Gasteiger partial charge in [-0.1, -0.05) is 6.07 Å². The Morgan fingerprint density at radius 3 is 2.45 bits per heavy atom. The quantitative estimate of drug-likeness (QED) is 0.538. The standard InChI is InChI=1S/C21H24FN3O6S2/c22-16-3-5-18(6-4-16)33(29,30)25-11-8-15(9-12-25)20(27)31-14-19(26)24-21(28)23-10-7-17-2-1-13-32-17/h1-6,13,15H,7-12,14H2,(H2,23,24,26,28). The Bertz CT molecular complexity index is 1070. The highest BCUT2D eigenvalue weighted by Gasteiger charge is 2.33. The maximum atomic E-state index is 13.1. The van der Waals surface area contributed by atoms with Gasteiger partial charge in [-0.05, 0) is 55.0 Å². The van der Waals surface area contributed by atoms with Gasteiger partial charge in [0.25, 0.3) is 5.91 Å². The number of esters is 1. The van der Waals surface area contributed by atoms with Crippen LogP contribution in [0.3, 0.4) is 0 Å². The van der Waals surface area contributed by atoms with Crippen molar-refractivity contribution in [2.45, 2.75) is 24.2 Å². The predicted molar refractivity (Wildman–Crippen MR) is 118 cm³/mol. The molecule has 0 saturated carbocycles. The summed E-state index contributed by atoms with van der Waals surface area (Å²) in [6.07, 6.45) is 1.10. The first kappa shape index (κ1) is 24.8. The number of amides is 3. The van der Waals surface area contributed by atoms with Crippen LogP contribution in [0.4, 0.5) is 9.18 Å². The molecule has 1 saturated heterocycles. The van der Waals surface area contributed by atoms with Gasteiger partial charge in [-0.25, -0.2) is 17.6 Å². The summed E-state index contributed by atoms with van der Waals surface area (Å²) in [7, 11) is -3.78. The van der Waals surface area contributed by atoms with Gasteiger partial charge in [0.05, 0.1) is 10.8 Å². The summed E-state index contributed by atoms with van der Waals surface area (Å²) < 4.78 is 44.5. The second kappa shape index (κ2) is 11.3. The average Bonchev–Trinajstić information content (AvgIpc) is 3.31. The first-order chi connectivity index (χ1) is 15.8. The Kier molecular flexibility index (Phi) is 8.53. The molecule has 0 bridgehead atoms. The molecule has 2 N–H and O–H groups in total. The van der Waals surface area contributed by atoms with Crippen molar-refractivity contribution in [1.29, 1.82) is 0 Å². The van der Waals surface area contributed by atoms with Crippen molar-refractivity contribution in [3.63, 3.8) is 0 Å². The number of piperidine rings is 1. The van der Waals surface area contributed by atoms with Gasteiger partial charge in [-0.2, -0.15) is 4.31 Å². The highest BCUT2D eigenvalue weighted by atomic mass is 32.2. The summed E-state index contributed by atoms with van der Waals surface area (Å²) >= 11 is 1.57. The number of nitrogens with one attached hydrogen (secondary N) is 2. The van der Waals surface area contributed by atoms with Crippen molar-refractivity contribution >= 4 is 39.3 Å². The fourth-order valence-corrected chi connectivity index (χ4v) is 5.48. The third-order valence-electron chi connectivity index (χ3n) is 5.07. The van der Waals surface area contributed by atoms with Gasteiger partial charge in [0, 0.05) is 24.5 Å². The first-order valence-electron chi connectivity index (χ1n) is 10.3. The molecule has 2 heterocycles. The molecule has 12 heteroatoms. The lowest BCUT2D eigenvalue weighted by molar-refractivity contribution is -0.153. The second-order valence-electron chi connectivity index (χ2n) is 7.37. The molecule has 3 amide bonds. The molecule has 1 aromatic carbocycles. The van der Waals surface area contributed by atoms with Gasteiger partial charge in [-0.3, -0.25) is 14.9 Å². The third kappa shape index (κ3) is 7.07. The molecule has 0 aliphatic carbocycles. The van der Waals surface area contributed by atoms with Crippen LogP contribution >= 0.6 is 11.3 Å². The van der Waals surface area contributed by atoms with Gasteiger partial charge < -0.3 is 10.1 Å². The number of benzene rings is 1. The van der Waals surface area contributed by atoms with Gasteiger partial charge in [0.2, 0.25) is 10.0 Å². The Hall–Kier alpha value is -2.83. The topological polar surface area (TPSA) is 122 Å². The van der Waals surface area contributed by atoms with Crippen molar-refractivity contribution in [2.75, 3.05) is 26.2 Å². The Morgan fingerprint density at radius 1 is 1.12 bits per heavy atom. The molecule has 2 aromatic rings. The van der Waals surface area contributed by atoms with Crippen LogP contribution in [-0.4, -0.2) is 56.9 Å². The zero-order valence-electron chi connectivity index (χ0n) is 17.7. The molecule has 1 aliphatic rings. The Balaban J connectivity index is 1.37. The smallest absolute Gasteiger partial charge is 0.321 e. The summed E-state index contributed by atoms with van der Waals surface area (Å²) in [6.45, 7) is -0.0548. The van der Waals surface area contributed by atoms with Crippen LogP contribution in [0.1, 0.15) is 17.7 Å². The van der Waals surface area contributed by atoms with Crippen molar-refractivity contribution in [1.82, 2.24) is 14.9 Å². The fraction of sp³-hybridized carbons (Fsp3) is 0.381. The minimum atomic E-state index is -3.78. The van der Waals surface area contributed by atoms with Crippen molar-refractivity contribution in [3.05, 3.63) is 52.5 Å². The summed E-state index contributed by atoms with van der Waals surface area (Å²) in [5, 5.41) is 6.57. The molecule has 1 aliphatic heterocycles. The molecule has 3 rings (SSSR count). The number of hydrogen-bond acceptors (Lipinski definition) is 7. The number of nitrogens with zero attached hydrogens (tertiary/aromatic N) is 1. The van der Waals surface area contributed by atoms with E-state index in [2.05, 4.69) is 10.6 Å². The van der Waals surface area contributed by atoms with E-state index in [0.717, 1.165) is 17.0 Å². The van der Waals surface area contributed by atoms with Crippen LogP contribution in [0.2, 0.25) is 0 Å². The van der Waals surface area contributed by atoms with E-state index < -0.39 is 46.3 Å². The van der Waals surface area contributed by atoms with Crippen LogP contribution in [0.25, 0.3) is 0 Å². The molecular formula is C21H24FN3O6S2. The van der Waals surface area contributed by atoms with E-state index in [1.54, 1.807) is 11.3 Å². The van der Waals surface area contributed by atoms with Crippen LogP contribution in [0, 0.1) is 11.7 Å². The number of hydrogen-bond donors (Lipinski definition) is 2. The van der Waals surface area contributed by atoms with Crippen molar-refractivity contribution in [3.8, 4) is 0 Å². The monoisotopic (exact) mass is 497 g/mol. The second-order valence-corrected chi connectivity index (χ2v) is 10.3. The highest BCUT2D eigenvalue weighted by Crippen LogP contribution is 2.24. The summed E-state index contributed by atoms with van der Waals surface area (Å²) in [5.74, 6) is -2.47. The molecule has 0 atom stereocenters. The predicted octanol–water partition coefficient (Wildman–Crippen LogP) is 1.90. The number of urea groups is 1. The van der Waals surface area contributed by atoms with Gasteiger partial charge in [-0.15, -0.1) is 11.3 Å². The van der Waals surface area contributed by atoms with E-state index in [4.69, 9.17) is 4.74 Å². The van der Waals surface area contributed by atoms with Gasteiger partial charge >= 0.3 is 12.0 Å². The Labute approximate surface area is 195 Å². The van der Waals surface area contributed by atoms with Crippen molar-refractivity contribution < 1.29 is 31.9 Å². The molecule has 9 nitrogen and oxygen atoms in total. The molecular weight excluding hydrogens is 473 g/mol. The van der Waals surface area contributed by atoms with E-state index in [-0.39, 0.29) is 30.8 Å². The SMILES string of the molecule is O=C(COC(=O)C1CCN(S(=O)(=O)c2ccc(F)cc2)CC1)NC(=O)NCCc1cccs1. The summed E-state index contributed by atoms with van der Waals surface area (Å²) in [5.41, 5.74) is 0. The van der Waals surface area contributed by atoms with E-state index in [1.165, 1.54) is 16.4 Å². The molecule has 0 spiro atoms.